The van der Waals surface area contributed by atoms with E-state index in [9.17, 15) is 13.6 Å². The highest BCUT2D eigenvalue weighted by atomic mass is 32.1. The molecule has 0 fully saturated rings. The first-order chi connectivity index (χ1) is 21.9. The average Bonchev–Trinajstić information content (AvgIpc) is 3.75. The number of hydrogen-bond acceptors (Lipinski definition) is 3. The molecular formula is C40H34F2OS2. The minimum absolute atomic E-state index is 0.170. The molecule has 2 aromatic heterocycles. The van der Waals surface area contributed by atoms with Crippen LogP contribution in [0.1, 0.15) is 46.4 Å². The maximum absolute atomic E-state index is 14.6. The molecule has 0 atom stereocenters. The Bertz CT molecular complexity index is 1910. The topological polar surface area (TPSA) is 17.1 Å². The van der Waals surface area contributed by atoms with Gasteiger partial charge in [-0.2, -0.15) is 0 Å². The molecule has 0 unspecified atom stereocenters. The predicted molar refractivity (Wildman–Crippen MR) is 189 cm³/mol. The lowest BCUT2D eigenvalue weighted by atomic mass is 10.0. The van der Waals surface area contributed by atoms with Gasteiger partial charge in [-0.25, -0.2) is 8.78 Å². The van der Waals surface area contributed by atoms with Gasteiger partial charge in [-0.1, -0.05) is 80.6 Å². The zero-order chi connectivity index (χ0) is 31.8. The summed E-state index contributed by atoms with van der Waals surface area (Å²) in [6.45, 7) is 6.23. The fraction of sp³-hybridized carbons (Fsp3) is 0.125. The number of carbonyl (C=O) groups is 1. The van der Waals surface area contributed by atoms with E-state index < -0.39 is 0 Å². The van der Waals surface area contributed by atoms with Crippen LogP contribution >= 0.6 is 22.7 Å². The van der Waals surface area contributed by atoms with Crippen LogP contribution in [0.15, 0.2) is 115 Å². The summed E-state index contributed by atoms with van der Waals surface area (Å²) in [6.07, 6.45) is 6.83. The lowest BCUT2D eigenvalue weighted by molar-refractivity contribution is 0.112. The van der Waals surface area contributed by atoms with Gasteiger partial charge >= 0.3 is 0 Å². The lowest BCUT2D eigenvalue weighted by Gasteiger charge is -2.06. The quantitative estimate of drug-likeness (QED) is 0.153. The molecule has 0 amide bonds. The second kappa shape index (κ2) is 15.0. The highest BCUT2D eigenvalue weighted by Crippen LogP contribution is 2.34. The van der Waals surface area contributed by atoms with E-state index >= 15 is 0 Å². The Labute approximate surface area is 272 Å². The molecule has 6 rings (SSSR count). The van der Waals surface area contributed by atoms with Crippen molar-refractivity contribution in [1.29, 1.82) is 0 Å². The van der Waals surface area contributed by atoms with Gasteiger partial charge in [-0.15, -0.1) is 22.7 Å². The Morgan fingerprint density at radius 3 is 1.36 bits per heavy atom. The van der Waals surface area contributed by atoms with Gasteiger partial charge in [0.2, 0.25) is 0 Å². The maximum Gasteiger partial charge on any atom is 0.160 e. The smallest absolute Gasteiger partial charge is 0.160 e. The minimum atomic E-state index is -0.267. The van der Waals surface area contributed by atoms with Gasteiger partial charge in [0, 0.05) is 25.8 Å². The first-order valence-electron chi connectivity index (χ1n) is 15.0. The molecule has 0 N–H and O–H groups in total. The van der Waals surface area contributed by atoms with E-state index in [1.807, 2.05) is 61.5 Å². The summed E-state index contributed by atoms with van der Waals surface area (Å²) in [4.78, 5) is 14.2. The van der Waals surface area contributed by atoms with Crippen LogP contribution in [0.4, 0.5) is 8.78 Å². The number of rotatable bonds is 8. The van der Waals surface area contributed by atoms with Crippen LogP contribution < -0.4 is 0 Å². The summed E-state index contributed by atoms with van der Waals surface area (Å²) in [6, 6.07) is 34.7. The number of aryl methyl sites for hydroxylation is 2. The van der Waals surface area contributed by atoms with Crippen molar-refractivity contribution in [2.75, 3.05) is 0 Å². The van der Waals surface area contributed by atoms with Crippen molar-refractivity contribution < 1.29 is 13.6 Å². The Kier molecular flexibility index (Phi) is 10.7. The number of thiophene rings is 2. The molecule has 5 heteroatoms. The molecule has 0 spiro atoms. The molecule has 0 saturated carbocycles. The number of hydrogen-bond donors (Lipinski definition) is 0. The third kappa shape index (κ3) is 7.80. The summed E-state index contributed by atoms with van der Waals surface area (Å²) >= 11 is 2.90. The highest BCUT2D eigenvalue weighted by molar-refractivity contribution is 7.17. The van der Waals surface area contributed by atoms with E-state index in [1.54, 1.807) is 41.7 Å². The fourth-order valence-electron chi connectivity index (χ4n) is 4.97. The molecule has 0 aliphatic carbocycles. The maximum atomic E-state index is 14.6. The second-order valence-electron chi connectivity index (χ2n) is 10.5. The molecule has 1 nitrogen and oxygen atoms in total. The SMILES string of the molecule is C/C=C/c1ccc(-c2ccc(-c3ccc(CC)cc3)cc2F)s1.CCc1ccc(-c2ccc(-c3ccc(C=O)s3)c(F)c2)cc1. The zero-order valence-corrected chi connectivity index (χ0v) is 27.2. The lowest BCUT2D eigenvalue weighted by Crippen LogP contribution is -1.86. The third-order valence-electron chi connectivity index (χ3n) is 7.56. The summed E-state index contributed by atoms with van der Waals surface area (Å²) in [5.41, 5.74) is 7.58. The molecular weight excluding hydrogens is 599 g/mol. The molecule has 0 saturated heterocycles. The molecule has 0 aliphatic rings. The van der Waals surface area contributed by atoms with Crippen molar-refractivity contribution in [2.45, 2.75) is 33.6 Å². The number of aldehydes is 1. The van der Waals surface area contributed by atoms with E-state index in [2.05, 4.69) is 50.2 Å². The van der Waals surface area contributed by atoms with Gasteiger partial charge in [0.1, 0.15) is 11.6 Å². The van der Waals surface area contributed by atoms with Crippen molar-refractivity contribution in [3.05, 3.63) is 148 Å². The van der Waals surface area contributed by atoms with Gasteiger partial charge in [0.15, 0.2) is 6.29 Å². The Morgan fingerprint density at radius 2 is 0.978 bits per heavy atom. The van der Waals surface area contributed by atoms with Crippen molar-refractivity contribution >= 4 is 35.0 Å². The monoisotopic (exact) mass is 632 g/mol. The van der Waals surface area contributed by atoms with Crippen LogP contribution in [-0.4, -0.2) is 6.29 Å². The molecule has 0 radical (unpaired) electrons. The largest absolute Gasteiger partial charge is 0.297 e. The van der Waals surface area contributed by atoms with Crippen molar-refractivity contribution in [3.63, 3.8) is 0 Å². The normalized spacial score (nSPS) is 11.0. The number of halogens is 2. The molecule has 45 heavy (non-hydrogen) atoms. The van der Waals surface area contributed by atoms with Gasteiger partial charge in [-0.05, 0) is 108 Å². The second-order valence-corrected chi connectivity index (χ2v) is 12.7. The van der Waals surface area contributed by atoms with Crippen molar-refractivity contribution in [3.8, 4) is 43.1 Å². The summed E-state index contributed by atoms with van der Waals surface area (Å²) < 4.78 is 28.9. The first kappa shape index (κ1) is 32.0. The van der Waals surface area contributed by atoms with E-state index in [0.717, 1.165) is 56.0 Å². The molecule has 6 aromatic rings. The Balaban J connectivity index is 0.000000178. The van der Waals surface area contributed by atoms with Crippen LogP contribution in [0.5, 0.6) is 0 Å². The average molecular weight is 633 g/mol. The fourth-order valence-corrected chi connectivity index (χ4v) is 6.82. The summed E-state index contributed by atoms with van der Waals surface area (Å²) in [7, 11) is 0. The van der Waals surface area contributed by atoms with Gasteiger partial charge < -0.3 is 0 Å². The Morgan fingerprint density at radius 1 is 0.556 bits per heavy atom. The van der Waals surface area contributed by atoms with Crippen LogP contribution in [0.3, 0.4) is 0 Å². The van der Waals surface area contributed by atoms with Gasteiger partial charge in [-0.3, -0.25) is 4.79 Å². The van der Waals surface area contributed by atoms with E-state index in [4.69, 9.17) is 0 Å². The van der Waals surface area contributed by atoms with E-state index in [0.29, 0.717) is 16.0 Å². The predicted octanol–water partition coefficient (Wildman–Crippen LogP) is 12.4. The van der Waals surface area contributed by atoms with Crippen LogP contribution in [0, 0.1) is 11.6 Å². The van der Waals surface area contributed by atoms with Gasteiger partial charge in [0.25, 0.3) is 0 Å². The standard InChI is InChI=1S/C21H19FS.C19H15FOS/c1-3-5-18-11-13-21(23-18)19-12-10-17(14-20(19)22)16-8-6-15(4-2)7-9-16;1-2-13-3-5-14(6-4-13)15-7-9-17(18(20)11-15)19-10-8-16(12-21)22-19/h3,5-14H,4H2,1-2H3;3-12H,2H2,1H3/b5-3+;. The van der Waals surface area contributed by atoms with Gasteiger partial charge in [0.05, 0.1) is 4.88 Å². The summed E-state index contributed by atoms with van der Waals surface area (Å²) in [5.74, 6) is -0.438. The first-order valence-corrected chi connectivity index (χ1v) is 16.6. The molecule has 0 aliphatic heterocycles. The van der Waals surface area contributed by atoms with Crippen molar-refractivity contribution in [2.24, 2.45) is 0 Å². The molecule has 2 heterocycles. The highest BCUT2D eigenvalue weighted by Gasteiger charge is 2.11. The Hall–Kier alpha value is -4.45. The number of benzene rings is 4. The third-order valence-corrected chi connectivity index (χ3v) is 9.69. The van der Waals surface area contributed by atoms with E-state index in [-0.39, 0.29) is 11.6 Å². The van der Waals surface area contributed by atoms with Crippen LogP contribution in [-0.2, 0) is 12.8 Å². The molecule has 4 aromatic carbocycles. The zero-order valence-electron chi connectivity index (χ0n) is 25.5. The van der Waals surface area contributed by atoms with Crippen molar-refractivity contribution in [1.82, 2.24) is 0 Å². The number of allylic oxidation sites excluding steroid dienone is 1. The summed E-state index contributed by atoms with van der Waals surface area (Å²) in [5, 5.41) is 0. The number of carbonyl (C=O) groups excluding carboxylic acids is 1. The van der Waals surface area contributed by atoms with Crippen LogP contribution in [0.2, 0.25) is 0 Å². The minimum Gasteiger partial charge on any atom is -0.297 e. The van der Waals surface area contributed by atoms with E-state index in [1.165, 1.54) is 22.5 Å². The molecule has 0 bridgehead atoms. The van der Waals surface area contributed by atoms with Crippen LogP contribution in [0.25, 0.3) is 49.2 Å². The molecule has 226 valence electrons.